The second kappa shape index (κ2) is 9.78. The molecule has 0 aliphatic heterocycles. The topological polar surface area (TPSA) is 85.2 Å². The van der Waals surface area contributed by atoms with Gasteiger partial charge in [-0.3, -0.25) is 25.0 Å². The van der Waals surface area contributed by atoms with Crippen LogP contribution in [0.3, 0.4) is 0 Å². The number of benzene rings is 3. The summed E-state index contributed by atoms with van der Waals surface area (Å²) < 4.78 is 7.24. The highest BCUT2D eigenvalue weighted by atomic mass is 16.5. The van der Waals surface area contributed by atoms with Crippen molar-refractivity contribution in [2.45, 2.75) is 19.9 Å². The highest BCUT2D eigenvalue weighted by molar-refractivity contribution is 5.80. The average Bonchev–Trinajstić information content (AvgIpc) is 2.83. The van der Waals surface area contributed by atoms with Crippen molar-refractivity contribution >= 4 is 22.8 Å². The minimum Gasteiger partial charge on any atom is -0.483 e. The molecule has 0 radical (unpaired) electrons. The quantitative estimate of drug-likeness (QED) is 0.420. The fourth-order valence-electron chi connectivity index (χ4n) is 3.47. The van der Waals surface area contributed by atoms with Crippen LogP contribution in [-0.2, 0) is 17.8 Å². The molecule has 4 rings (SSSR count). The molecule has 0 fully saturated rings. The van der Waals surface area contributed by atoms with E-state index in [1.165, 1.54) is 4.57 Å². The number of hydrogen-bond donors (Lipinski definition) is 2. The maximum absolute atomic E-state index is 12.7. The Morgan fingerprint density at radius 3 is 2.50 bits per heavy atom. The van der Waals surface area contributed by atoms with Gasteiger partial charge in [0.05, 0.1) is 10.9 Å². The van der Waals surface area contributed by atoms with E-state index in [0.717, 1.165) is 11.1 Å². The number of nitrogens with one attached hydrogen (secondary N) is 2. The third kappa shape index (κ3) is 4.78. The van der Waals surface area contributed by atoms with Gasteiger partial charge in [-0.1, -0.05) is 60.7 Å². The second-order valence-corrected chi connectivity index (χ2v) is 7.23. The Labute approximate surface area is 185 Å². The molecule has 1 heterocycles. The number of nitrogens with zero attached hydrogens (tertiary/aromatic N) is 2. The first kappa shape index (κ1) is 21.1. The van der Waals surface area contributed by atoms with Crippen LogP contribution >= 0.6 is 0 Å². The number of hydrogen-bond acceptors (Lipinski definition) is 5. The molecular formula is C25H24N4O3. The van der Waals surface area contributed by atoms with Crippen molar-refractivity contribution in [2.75, 3.05) is 12.0 Å². The standard InChI is InChI=1S/C25H24N4O3/c1-2-29-24(31)20-13-7-8-14-21(20)26-25(29)28-27-23(30)17-32-22-15-9-6-12-19(22)16-18-10-4-3-5-11-18/h3-15H,2,16-17H2,1H3,(H,26,28)(H,27,30). The first-order valence-electron chi connectivity index (χ1n) is 10.4. The van der Waals surface area contributed by atoms with Gasteiger partial charge in [-0.2, -0.15) is 0 Å². The van der Waals surface area contributed by atoms with E-state index in [1.807, 2.05) is 55.5 Å². The number of anilines is 1. The number of rotatable bonds is 8. The molecule has 4 aromatic rings. The van der Waals surface area contributed by atoms with Crippen molar-refractivity contribution in [3.05, 3.63) is 100 Å². The van der Waals surface area contributed by atoms with Crippen molar-refractivity contribution in [3.63, 3.8) is 0 Å². The SMILES string of the molecule is CCn1c(NNC(=O)COc2ccccc2Cc2ccccc2)nc2ccccc2c1=O. The molecule has 0 unspecified atom stereocenters. The fraction of sp³-hybridized carbons (Fsp3) is 0.160. The van der Waals surface area contributed by atoms with Gasteiger partial charge in [0, 0.05) is 13.0 Å². The van der Waals surface area contributed by atoms with Crippen molar-refractivity contribution in [3.8, 4) is 5.75 Å². The predicted octanol–water partition coefficient (Wildman–Crippen LogP) is 3.53. The molecule has 0 aliphatic carbocycles. The lowest BCUT2D eigenvalue weighted by Crippen LogP contribution is -2.37. The lowest BCUT2D eigenvalue weighted by Gasteiger charge is -2.15. The molecule has 3 aromatic carbocycles. The lowest BCUT2D eigenvalue weighted by molar-refractivity contribution is -0.122. The first-order valence-corrected chi connectivity index (χ1v) is 10.4. The van der Waals surface area contributed by atoms with E-state index in [9.17, 15) is 9.59 Å². The van der Waals surface area contributed by atoms with Gasteiger partial charge >= 0.3 is 0 Å². The van der Waals surface area contributed by atoms with E-state index in [2.05, 4.69) is 28.0 Å². The van der Waals surface area contributed by atoms with Crippen molar-refractivity contribution in [1.82, 2.24) is 15.0 Å². The van der Waals surface area contributed by atoms with E-state index >= 15 is 0 Å². The monoisotopic (exact) mass is 428 g/mol. The Balaban J connectivity index is 1.41. The van der Waals surface area contributed by atoms with Crippen LogP contribution < -0.4 is 21.1 Å². The third-order valence-electron chi connectivity index (χ3n) is 5.06. The minimum atomic E-state index is -0.385. The van der Waals surface area contributed by atoms with Gasteiger partial charge in [0.1, 0.15) is 5.75 Å². The molecule has 0 aliphatic rings. The fourth-order valence-corrected chi connectivity index (χ4v) is 3.47. The van der Waals surface area contributed by atoms with Crippen LogP contribution in [0.4, 0.5) is 5.95 Å². The summed E-state index contributed by atoms with van der Waals surface area (Å²) in [7, 11) is 0. The van der Waals surface area contributed by atoms with Gasteiger partial charge in [-0.05, 0) is 36.2 Å². The number of aromatic nitrogens is 2. The summed E-state index contributed by atoms with van der Waals surface area (Å²) in [6.45, 7) is 2.08. The summed E-state index contributed by atoms with van der Waals surface area (Å²) in [6.07, 6.45) is 0.709. The number of fused-ring (bicyclic) bond motifs is 1. The van der Waals surface area contributed by atoms with Crippen LogP contribution in [0, 0.1) is 0 Å². The maximum atomic E-state index is 12.7. The van der Waals surface area contributed by atoms with E-state index < -0.39 is 0 Å². The van der Waals surface area contributed by atoms with Gasteiger partial charge in [0.2, 0.25) is 5.95 Å². The highest BCUT2D eigenvalue weighted by Crippen LogP contribution is 2.21. The summed E-state index contributed by atoms with van der Waals surface area (Å²) in [5, 5.41) is 0.532. The highest BCUT2D eigenvalue weighted by Gasteiger charge is 2.11. The zero-order valence-electron chi connectivity index (χ0n) is 17.7. The third-order valence-corrected chi connectivity index (χ3v) is 5.06. The zero-order valence-corrected chi connectivity index (χ0v) is 17.7. The minimum absolute atomic E-state index is 0.166. The smallest absolute Gasteiger partial charge is 0.276 e. The molecule has 7 heteroatoms. The number of carbonyl (C=O) groups excluding carboxylic acids is 1. The molecule has 2 N–H and O–H groups in total. The van der Waals surface area contributed by atoms with Crippen molar-refractivity contribution in [2.24, 2.45) is 0 Å². The predicted molar refractivity (Wildman–Crippen MR) is 125 cm³/mol. The number of amides is 1. The zero-order chi connectivity index (χ0) is 22.3. The number of ether oxygens (including phenoxy) is 1. The van der Waals surface area contributed by atoms with Crippen LogP contribution in [0.2, 0.25) is 0 Å². The van der Waals surface area contributed by atoms with E-state index in [1.54, 1.807) is 18.2 Å². The summed E-state index contributed by atoms with van der Waals surface area (Å²) in [5.41, 5.74) is 7.88. The first-order chi connectivity index (χ1) is 15.7. The Bertz CT molecular complexity index is 1290. The van der Waals surface area contributed by atoms with Crippen molar-refractivity contribution in [1.29, 1.82) is 0 Å². The number of para-hydroxylation sites is 2. The molecule has 0 saturated heterocycles. The van der Waals surface area contributed by atoms with Gasteiger partial charge in [-0.15, -0.1) is 0 Å². The molecule has 0 atom stereocenters. The Kier molecular flexibility index (Phi) is 6.46. The van der Waals surface area contributed by atoms with E-state index in [4.69, 9.17) is 4.74 Å². The Morgan fingerprint density at radius 1 is 0.969 bits per heavy atom. The molecular weight excluding hydrogens is 404 g/mol. The molecule has 1 amide bonds. The molecule has 1 aromatic heterocycles. The van der Waals surface area contributed by atoms with Crippen LogP contribution in [0.15, 0.2) is 83.7 Å². The second-order valence-electron chi connectivity index (χ2n) is 7.23. The van der Waals surface area contributed by atoms with Gasteiger partial charge in [0.15, 0.2) is 6.61 Å². The van der Waals surface area contributed by atoms with E-state index in [-0.39, 0.29) is 24.0 Å². The van der Waals surface area contributed by atoms with Crippen molar-refractivity contribution < 1.29 is 9.53 Å². The number of carbonyl (C=O) groups is 1. The average molecular weight is 428 g/mol. The van der Waals surface area contributed by atoms with Gasteiger partial charge in [0.25, 0.3) is 11.5 Å². The number of hydrazine groups is 1. The molecule has 0 bridgehead atoms. The van der Waals surface area contributed by atoms with E-state index in [0.29, 0.717) is 29.6 Å². The van der Waals surface area contributed by atoms with Crippen LogP contribution in [-0.4, -0.2) is 22.1 Å². The molecule has 7 nitrogen and oxygen atoms in total. The van der Waals surface area contributed by atoms with Gasteiger partial charge in [-0.25, -0.2) is 4.98 Å². The summed E-state index contributed by atoms with van der Waals surface area (Å²) >= 11 is 0. The summed E-state index contributed by atoms with van der Waals surface area (Å²) in [6, 6.07) is 24.8. The summed E-state index contributed by atoms with van der Waals surface area (Å²) in [4.78, 5) is 29.5. The molecule has 32 heavy (non-hydrogen) atoms. The Morgan fingerprint density at radius 2 is 1.69 bits per heavy atom. The summed E-state index contributed by atoms with van der Waals surface area (Å²) in [5.74, 6) is 0.541. The van der Waals surface area contributed by atoms with Crippen LogP contribution in [0.5, 0.6) is 5.75 Å². The normalized spacial score (nSPS) is 10.7. The Hall–Kier alpha value is -4.13. The molecule has 162 valence electrons. The largest absolute Gasteiger partial charge is 0.483 e. The molecule has 0 saturated carbocycles. The van der Waals surface area contributed by atoms with Crippen LogP contribution in [0.25, 0.3) is 10.9 Å². The maximum Gasteiger partial charge on any atom is 0.276 e. The van der Waals surface area contributed by atoms with Crippen LogP contribution in [0.1, 0.15) is 18.1 Å². The van der Waals surface area contributed by atoms with Gasteiger partial charge < -0.3 is 4.74 Å². The molecule has 0 spiro atoms. The lowest BCUT2D eigenvalue weighted by atomic mass is 10.0.